The number of hydrogen-bond acceptors (Lipinski definition) is 0. The lowest BCUT2D eigenvalue weighted by Crippen LogP contribution is -2.04. The quantitative estimate of drug-likeness (QED) is 0.739. The largest absolute Gasteiger partial charge is 0.245 e. The first-order valence-electron chi connectivity index (χ1n) is 4.06. The van der Waals surface area contributed by atoms with Crippen LogP contribution in [-0.4, -0.2) is 6.43 Å². The third kappa shape index (κ3) is 2.76. The zero-order chi connectivity index (χ0) is 10.0. The van der Waals surface area contributed by atoms with Crippen LogP contribution >= 0.6 is 15.9 Å². The molecule has 0 aliphatic rings. The number of halogens is 3. The molecule has 0 spiro atoms. The van der Waals surface area contributed by atoms with Crippen LogP contribution in [0.15, 0.2) is 22.7 Å². The Morgan fingerprint density at radius 2 is 1.85 bits per heavy atom. The van der Waals surface area contributed by atoms with E-state index in [0.29, 0.717) is 5.56 Å². The van der Waals surface area contributed by atoms with Gasteiger partial charge in [-0.25, -0.2) is 8.78 Å². The molecule has 0 saturated carbocycles. The molecule has 0 aromatic heterocycles. The molecular formula is C10H11BrF2. The minimum atomic E-state index is -2.30. The fourth-order valence-electron chi connectivity index (χ4n) is 1.17. The monoisotopic (exact) mass is 248 g/mol. The Labute approximate surface area is 85.1 Å². The number of aryl methyl sites for hydroxylation is 1. The van der Waals surface area contributed by atoms with Crippen molar-refractivity contribution in [3.63, 3.8) is 0 Å². The van der Waals surface area contributed by atoms with Crippen LogP contribution in [0.4, 0.5) is 8.78 Å². The van der Waals surface area contributed by atoms with Crippen molar-refractivity contribution in [3.05, 3.63) is 33.8 Å². The van der Waals surface area contributed by atoms with Gasteiger partial charge in [0.25, 0.3) is 0 Å². The molecule has 0 nitrogen and oxygen atoms in total. The molecule has 0 radical (unpaired) electrons. The van der Waals surface area contributed by atoms with Gasteiger partial charge in [0, 0.05) is 10.4 Å². The van der Waals surface area contributed by atoms with Crippen LogP contribution in [0.25, 0.3) is 0 Å². The summed E-state index contributed by atoms with van der Waals surface area (Å²) in [5.74, 6) is -0.698. The van der Waals surface area contributed by atoms with Gasteiger partial charge in [0.15, 0.2) is 0 Å². The zero-order valence-corrected chi connectivity index (χ0v) is 9.11. The highest BCUT2D eigenvalue weighted by Gasteiger charge is 2.17. The van der Waals surface area contributed by atoms with Gasteiger partial charge >= 0.3 is 0 Å². The second kappa shape index (κ2) is 4.18. The second-order valence-electron chi connectivity index (χ2n) is 3.19. The summed E-state index contributed by atoms with van der Waals surface area (Å²) >= 11 is 3.29. The van der Waals surface area contributed by atoms with E-state index in [4.69, 9.17) is 0 Å². The van der Waals surface area contributed by atoms with Crippen LogP contribution in [0, 0.1) is 6.92 Å². The summed E-state index contributed by atoms with van der Waals surface area (Å²) in [6, 6.07) is 5.44. The molecule has 1 aromatic carbocycles. The van der Waals surface area contributed by atoms with Crippen molar-refractivity contribution < 1.29 is 8.78 Å². The van der Waals surface area contributed by atoms with Crippen LogP contribution in [0.5, 0.6) is 0 Å². The maximum Gasteiger partial charge on any atom is 0.245 e. The summed E-state index contributed by atoms with van der Waals surface area (Å²) in [7, 11) is 0. The molecule has 3 heteroatoms. The van der Waals surface area contributed by atoms with Crippen molar-refractivity contribution in [3.8, 4) is 0 Å². The molecule has 1 rings (SSSR count). The third-order valence-electron chi connectivity index (χ3n) is 1.97. The summed E-state index contributed by atoms with van der Waals surface area (Å²) in [6.45, 7) is 3.43. The smallest absolute Gasteiger partial charge is 0.210 e. The maximum absolute atomic E-state index is 12.4. The predicted molar refractivity (Wildman–Crippen MR) is 53.3 cm³/mol. The summed E-state index contributed by atoms with van der Waals surface area (Å²) in [4.78, 5) is 0. The highest BCUT2D eigenvalue weighted by molar-refractivity contribution is 9.10. The van der Waals surface area contributed by atoms with Crippen LogP contribution in [0.1, 0.15) is 24.0 Å². The SMILES string of the molecule is Cc1cc(Br)cc(C(C)C(F)F)c1. The lowest BCUT2D eigenvalue weighted by molar-refractivity contribution is 0.121. The lowest BCUT2D eigenvalue weighted by Gasteiger charge is -2.11. The van der Waals surface area contributed by atoms with Crippen LogP contribution < -0.4 is 0 Å². The molecule has 72 valence electrons. The molecule has 0 saturated heterocycles. The molecule has 1 aromatic rings. The van der Waals surface area contributed by atoms with Gasteiger partial charge in [0.05, 0.1) is 0 Å². The Balaban J connectivity index is 3.01. The van der Waals surface area contributed by atoms with Crippen molar-refractivity contribution in [2.75, 3.05) is 0 Å². The highest BCUT2D eigenvalue weighted by Crippen LogP contribution is 2.26. The first-order valence-corrected chi connectivity index (χ1v) is 4.85. The van der Waals surface area contributed by atoms with Gasteiger partial charge in [0.2, 0.25) is 6.43 Å². The molecule has 0 amide bonds. The average Bonchev–Trinajstić information content (AvgIpc) is 2.01. The van der Waals surface area contributed by atoms with Gasteiger partial charge < -0.3 is 0 Å². The van der Waals surface area contributed by atoms with E-state index in [1.54, 1.807) is 12.1 Å². The standard InChI is InChI=1S/C10H11BrF2/c1-6-3-8(5-9(11)4-6)7(2)10(12)13/h3-5,7,10H,1-2H3. The van der Waals surface area contributed by atoms with E-state index in [2.05, 4.69) is 15.9 Å². The Bertz CT molecular complexity index is 277. The minimum Gasteiger partial charge on any atom is -0.210 e. The third-order valence-corrected chi connectivity index (χ3v) is 2.43. The molecule has 0 heterocycles. The summed E-state index contributed by atoms with van der Waals surface area (Å²) in [6.07, 6.45) is -2.30. The Morgan fingerprint density at radius 1 is 1.23 bits per heavy atom. The van der Waals surface area contributed by atoms with Gasteiger partial charge in [0.1, 0.15) is 0 Å². The maximum atomic E-state index is 12.4. The van der Waals surface area contributed by atoms with Crippen LogP contribution in [0.2, 0.25) is 0 Å². The second-order valence-corrected chi connectivity index (χ2v) is 4.10. The molecule has 1 atom stereocenters. The average molecular weight is 249 g/mol. The Kier molecular flexibility index (Phi) is 3.42. The van der Waals surface area contributed by atoms with Gasteiger partial charge in [-0.3, -0.25) is 0 Å². The van der Waals surface area contributed by atoms with Crippen molar-refractivity contribution in [1.29, 1.82) is 0 Å². The summed E-state index contributed by atoms with van der Waals surface area (Å²) in [5.41, 5.74) is 1.68. The fourth-order valence-corrected chi connectivity index (χ4v) is 1.80. The van der Waals surface area contributed by atoms with Gasteiger partial charge in [-0.1, -0.05) is 28.9 Å². The van der Waals surface area contributed by atoms with Crippen molar-refractivity contribution >= 4 is 15.9 Å². The molecule has 1 unspecified atom stereocenters. The molecule has 0 N–H and O–H groups in total. The molecular weight excluding hydrogens is 238 g/mol. The number of alkyl halides is 2. The molecule has 0 aliphatic carbocycles. The number of hydrogen-bond donors (Lipinski definition) is 0. The number of benzene rings is 1. The molecule has 0 fully saturated rings. The van der Waals surface area contributed by atoms with E-state index in [-0.39, 0.29) is 0 Å². The van der Waals surface area contributed by atoms with E-state index >= 15 is 0 Å². The van der Waals surface area contributed by atoms with Gasteiger partial charge in [-0.15, -0.1) is 0 Å². The Morgan fingerprint density at radius 3 is 2.31 bits per heavy atom. The summed E-state index contributed by atoms with van der Waals surface area (Å²) in [5, 5.41) is 0. The van der Waals surface area contributed by atoms with Crippen molar-refractivity contribution in [2.45, 2.75) is 26.2 Å². The van der Waals surface area contributed by atoms with E-state index in [0.717, 1.165) is 10.0 Å². The van der Waals surface area contributed by atoms with E-state index in [1.807, 2.05) is 13.0 Å². The predicted octanol–water partition coefficient (Wildman–Crippen LogP) is 4.13. The minimum absolute atomic E-state index is 0.682. The van der Waals surface area contributed by atoms with Crippen molar-refractivity contribution in [1.82, 2.24) is 0 Å². The van der Waals surface area contributed by atoms with Crippen LogP contribution in [0.3, 0.4) is 0 Å². The highest BCUT2D eigenvalue weighted by atomic mass is 79.9. The first kappa shape index (κ1) is 10.6. The molecule has 0 aliphatic heterocycles. The normalized spacial score (nSPS) is 13.4. The fraction of sp³-hybridized carbons (Fsp3) is 0.400. The van der Waals surface area contributed by atoms with Crippen LogP contribution in [-0.2, 0) is 0 Å². The van der Waals surface area contributed by atoms with Crippen molar-refractivity contribution in [2.24, 2.45) is 0 Å². The summed E-state index contributed by atoms with van der Waals surface area (Å²) < 4.78 is 25.6. The molecule has 13 heavy (non-hydrogen) atoms. The van der Waals surface area contributed by atoms with Gasteiger partial charge in [-0.2, -0.15) is 0 Å². The topological polar surface area (TPSA) is 0 Å². The number of rotatable bonds is 2. The first-order chi connectivity index (χ1) is 6.00. The van der Waals surface area contributed by atoms with E-state index < -0.39 is 12.3 Å². The lowest BCUT2D eigenvalue weighted by atomic mass is 10.0. The van der Waals surface area contributed by atoms with E-state index in [9.17, 15) is 8.78 Å². The van der Waals surface area contributed by atoms with Gasteiger partial charge in [-0.05, 0) is 30.2 Å². The molecule has 0 bridgehead atoms. The zero-order valence-electron chi connectivity index (χ0n) is 7.52. The van der Waals surface area contributed by atoms with E-state index in [1.165, 1.54) is 6.92 Å². The Hall–Kier alpha value is -0.440.